The summed E-state index contributed by atoms with van der Waals surface area (Å²) >= 11 is 0. The summed E-state index contributed by atoms with van der Waals surface area (Å²) in [7, 11) is -2.86. The van der Waals surface area contributed by atoms with Crippen LogP contribution in [0.2, 0.25) is 0 Å². The van der Waals surface area contributed by atoms with Crippen LogP contribution in [0, 0.1) is 11.8 Å². The molecule has 1 N–H and O–H groups in total. The highest BCUT2D eigenvalue weighted by Gasteiger charge is 2.16. The Morgan fingerprint density at radius 1 is 1.22 bits per heavy atom. The van der Waals surface area contributed by atoms with Gasteiger partial charge in [-0.2, -0.15) is 0 Å². The molecule has 0 bridgehead atoms. The maximum Gasteiger partial charge on any atom is 0.151 e. The van der Waals surface area contributed by atoms with Gasteiger partial charge in [-0.3, -0.25) is 0 Å². The Bertz CT molecular complexity index is 308. The van der Waals surface area contributed by atoms with Crippen molar-refractivity contribution in [1.82, 2.24) is 5.32 Å². The summed E-state index contributed by atoms with van der Waals surface area (Å²) in [5.41, 5.74) is 0. The van der Waals surface area contributed by atoms with Gasteiger partial charge >= 0.3 is 0 Å². The van der Waals surface area contributed by atoms with Crippen LogP contribution in [0.25, 0.3) is 0 Å². The van der Waals surface area contributed by atoms with Gasteiger partial charge in [0.25, 0.3) is 0 Å². The smallest absolute Gasteiger partial charge is 0.151 e. The molecule has 1 rings (SSSR count). The van der Waals surface area contributed by atoms with Gasteiger partial charge < -0.3 is 5.32 Å². The largest absolute Gasteiger partial charge is 0.315 e. The Morgan fingerprint density at radius 2 is 1.89 bits per heavy atom. The molecule has 1 fully saturated rings. The van der Waals surface area contributed by atoms with E-state index < -0.39 is 9.84 Å². The van der Waals surface area contributed by atoms with E-state index in [0.29, 0.717) is 18.1 Å². The summed E-state index contributed by atoms with van der Waals surface area (Å²) in [4.78, 5) is 0. The normalized spacial score (nSPS) is 19.9. The van der Waals surface area contributed by atoms with Crippen molar-refractivity contribution >= 4 is 9.84 Å². The molecule has 1 aliphatic carbocycles. The van der Waals surface area contributed by atoms with Crippen molar-refractivity contribution in [3.05, 3.63) is 0 Å². The summed E-state index contributed by atoms with van der Waals surface area (Å²) in [6, 6.07) is 0. The van der Waals surface area contributed by atoms with E-state index in [-0.39, 0.29) is 5.92 Å². The van der Waals surface area contributed by atoms with Crippen LogP contribution in [0.5, 0.6) is 0 Å². The highest BCUT2D eigenvalue weighted by molar-refractivity contribution is 7.91. The van der Waals surface area contributed by atoms with Gasteiger partial charge in [-0.25, -0.2) is 8.42 Å². The van der Waals surface area contributed by atoms with Crippen LogP contribution in [0.1, 0.15) is 52.4 Å². The average molecular weight is 275 g/mol. The Hall–Kier alpha value is -0.0900. The number of nitrogens with one attached hydrogen (secondary N) is 1. The van der Waals surface area contributed by atoms with E-state index in [2.05, 4.69) is 5.32 Å². The third kappa shape index (κ3) is 6.74. The van der Waals surface area contributed by atoms with Gasteiger partial charge in [-0.05, 0) is 31.2 Å². The van der Waals surface area contributed by atoms with Gasteiger partial charge in [0.1, 0.15) is 0 Å². The van der Waals surface area contributed by atoms with Crippen molar-refractivity contribution in [3.8, 4) is 0 Å². The summed E-state index contributed by atoms with van der Waals surface area (Å²) in [6.07, 6.45) is 7.63. The van der Waals surface area contributed by atoms with Crippen LogP contribution in [0.4, 0.5) is 0 Å². The Morgan fingerprint density at radius 3 is 2.50 bits per heavy atom. The third-order valence-corrected chi connectivity index (χ3v) is 5.89. The lowest BCUT2D eigenvalue weighted by molar-refractivity contribution is 0.345. The summed E-state index contributed by atoms with van der Waals surface area (Å²) < 4.78 is 23.6. The Balaban J connectivity index is 2.12. The zero-order valence-corrected chi connectivity index (χ0v) is 12.8. The molecular weight excluding hydrogens is 246 g/mol. The maximum atomic E-state index is 11.8. The van der Waals surface area contributed by atoms with E-state index in [4.69, 9.17) is 0 Å². The second-order valence-corrected chi connectivity index (χ2v) is 8.06. The molecule has 0 aromatic rings. The van der Waals surface area contributed by atoms with Crippen LogP contribution in [0.15, 0.2) is 0 Å². The second-order valence-electron chi connectivity index (χ2n) is 5.84. The van der Waals surface area contributed by atoms with E-state index in [0.717, 1.165) is 18.9 Å². The van der Waals surface area contributed by atoms with Crippen molar-refractivity contribution in [1.29, 1.82) is 0 Å². The summed E-state index contributed by atoms with van der Waals surface area (Å²) in [5, 5.41) is 3.32. The molecule has 0 heterocycles. The molecule has 1 saturated carbocycles. The molecule has 0 spiro atoms. The topological polar surface area (TPSA) is 46.2 Å². The summed E-state index contributed by atoms with van der Waals surface area (Å²) in [6.45, 7) is 5.67. The highest BCUT2D eigenvalue weighted by Crippen LogP contribution is 2.22. The van der Waals surface area contributed by atoms with Crippen LogP contribution < -0.4 is 5.32 Å². The van der Waals surface area contributed by atoms with Gasteiger partial charge in [0, 0.05) is 6.54 Å². The maximum absolute atomic E-state index is 11.8. The number of rotatable bonds is 8. The molecule has 1 unspecified atom stereocenters. The first-order chi connectivity index (χ1) is 8.53. The molecule has 0 radical (unpaired) electrons. The molecule has 0 aromatic carbocycles. The number of hydrogen-bond acceptors (Lipinski definition) is 3. The lowest BCUT2D eigenvalue weighted by Crippen LogP contribution is -2.30. The van der Waals surface area contributed by atoms with Gasteiger partial charge in [0.05, 0.1) is 11.5 Å². The molecule has 0 amide bonds. The molecule has 18 heavy (non-hydrogen) atoms. The molecule has 1 atom stereocenters. The van der Waals surface area contributed by atoms with Crippen molar-refractivity contribution in [2.45, 2.75) is 52.4 Å². The lowest BCUT2D eigenvalue weighted by atomic mass is 9.89. The van der Waals surface area contributed by atoms with E-state index in [1.54, 1.807) is 0 Å². The van der Waals surface area contributed by atoms with Gasteiger partial charge in [0.2, 0.25) is 0 Å². The zero-order chi connectivity index (χ0) is 13.4. The highest BCUT2D eigenvalue weighted by atomic mass is 32.2. The van der Waals surface area contributed by atoms with Crippen LogP contribution >= 0.6 is 0 Å². The van der Waals surface area contributed by atoms with E-state index >= 15 is 0 Å². The molecule has 4 heteroatoms. The van der Waals surface area contributed by atoms with Crippen molar-refractivity contribution in [3.63, 3.8) is 0 Å². The lowest BCUT2D eigenvalue weighted by Gasteiger charge is -2.21. The Labute approximate surface area is 113 Å². The minimum absolute atomic E-state index is 0.286. The molecule has 0 aromatic heterocycles. The predicted octanol–water partition coefficient (Wildman–Crippen LogP) is 2.62. The molecule has 0 saturated heterocycles. The minimum Gasteiger partial charge on any atom is -0.315 e. The first kappa shape index (κ1) is 16.0. The van der Waals surface area contributed by atoms with Crippen molar-refractivity contribution in [2.75, 3.05) is 24.6 Å². The average Bonchev–Trinajstić information content (AvgIpc) is 2.35. The molecule has 1 aliphatic rings. The fourth-order valence-corrected chi connectivity index (χ4v) is 4.28. The van der Waals surface area contributed by atoms with E-state index in [9.17, 15) is 8.42 Å². The van der Waals surface area contributed by atoms with Crippen LogP contribution in [-0.4, -0.2) is 33.0 Å². The monoisotopic (exact) mass is 275 g/mol. The van der Waals surface area contributed by atoms with Gasteiger partial charge in [0.15, 0.2) is 9.84 Å². The van der Waals surface area contributed by atoms with Crippen molar-refractivity contribution < 1.29 is 8.42 Å². The van der Waals surface area contributed by atoms with E-state index in [1.165, 1.54) is 32.1 Å². The molecule has 3 nitrogen and oxygen atoms in total. The SMILES string of the molecule is CCC(C)CS(=O)(=O)CCNCC1CCCCC1. The van der Waals surface area contributed by atoms with Crippen LogP contribution in [-0.2, 0) is 9.84 Å². The van der Waals surface area contributed by atoms with Gasteiger partial charge in [-0.15, -0.1) is 0 Å². The number of sulfone groups is 1. The first-order valence-electron chi connectivity index (χ1n) is 7.44. The fourth-order valence-electron chi connectivity index (χ4n) is 2.56. The third-order valence-electron chi connectivity index (χ3n) is 3.98. The fraction of sp³-hybridized carbons (Fsp3) is 1.00. The quantitative estimate of drug-likeness (QED) is 0.693. The standard InChI is InChI=1S/C14H29NO2S/c1-3-13(2)12-18(16,17)10-9-15-11-14-7-5-4-6-8-14/h13-15H,3-12H2,1-2H3. The molecule has 0 aliphatic heterocycles. The predicted molar refractivity (Wildman–Crippen MR) is 77.6 cm³/mol. The van der Waals surface area contributed by atoms with Crippen LogP contribution in [0.3, 0.4) is 0 Å². The zero-order valence-electron chi connectivity index (χ0n) is 12.0. The Kier molecular flexibility index (Phi) is 7.23. The second kappa shape index (κ2) is 8.16. The van der Waals surface area contributed by atoms with Gasteiger partial charge in [-0.1, -0.05) is 39.5 Å². The first-order valence-corrected chi connectivity index (χ1v) is 9.26. The van der Waals surface area contributed by atoms with E-state index in [1.807, 2.05) is 13.8 Å². The molecule has 108 valence electrons. The minimum atomic E-state index is -2.86. The molecular formula is C14H29NO2S. The van der Waals surface area contributed by atoms with Crippen molar-refractivity contribution in [2.24, 2.45) is 11.8 Å². The summed E-state index contributed by atoms with van der Waals surface area (Å²) in [5.74, 6) is 1.70. The number of hydrogen-bond donors (Lipinski definition) is 1.